The van der Waals surface area contributed by atoms with Crippen LogP contribution in [0.3, 0.4) is 0 Å². The summed E-state index contributed by atoms with van der Waals surface area (Å²) >= 11 is 3.43. The van der Waals surface area contributed by atoms with Crippen molar-refractivity contribution in [3.05, 3.63) is 56.6 Å². The third kappa shape index (κ3) is 3.91. The molecule has 0 spiro atoms. The summed E-state index contributed by atoms with van der Waals surface area (Å²) in [4.78, 5) is 20.1. The molecule has 0 N–H and O–H groups in total. The summed E-state index contributed by atoms with van der Waals surface area (Å²) < 4.78 is 8.22. The van der Waals surface area contributed by atoms with Gasteiger partial charge in [-0.1, -0.05) is 49.0 Å². The molecular formula is C22H26N2O2S2. The van der Waals surface area contributed by atoms with Crippen molar-refractivity contribution in [2.45, 2.75) is 63.9 Å². The molecule has 0 saturated heterocycles. The third-order valence-electron chi connectivity index (χ3n) is 5.03. The summed E-state index contributed by atoms with van der Waals surface area (Å²) in [6, 6.07) is 10.5. The second kappa shape index (κ2) is 8.01. The molecule has 0 bridgehead atoms. The first kappa shape index (κ1) is 19.7. The Bertz CT molecular complexity index is 1040. The maximum absolute atomic E-state index is 13.2. The molecule has 1 aliphatic rings. The maximum Gasteiger partial charge on any atom is 0.211 e. The summed E-state index contributed by atoms with van der Waals surface area (Å²) in [5.41, 5.74) is 2.63. The zero-order chi connectivity index (χ0) is 19.7. The van der Waals surface area contributed by atoms with Crippen molar-refractivity contribution in [2.24, 2.45) is 0 Å². The maximum atomic E-state index is 13.2. The first-order valence-corrected chi connectivity index (χ1v) is 11.6. The minimum atomic E-state index is -0.289. The molecular weight excluding hydrogens is 388 g/mol. The number of imidazole rings is 1. The van der Waals surface area contributed by atoms with Crippen molar-refractivity contribution in [2.75, 3.05) is 5.75 Å². The van der Waals surface area contributed by atoms with Crippen molar-refractivity contribution in [3.63, 3.8) is 0 Å². The van der Waals surface area contributed by atoms with Gasteiger partial charge in [0, 0.05) is 29.2 Å². The van der Waals surface area contributed by atoms with Crippen LogP contribution in [-0.2, 0) is 30.7 Å². The number of thioether (sulfide) groups is 1. The van der Waals surface area contributed by atoms with E-state index in [0.29, 0.717) is 18.5 Å². The Morgan fingerprint density at radius 1 is 1.29 bits per heavy atom. The molecule has 2 aromatic heterocycles. The zero-order valence-corrected chi connectivity index (χ0v) is 18.3. The fraction of sp³-hybridized carbons (Fsp3) is 0.455. The van der Waals surface area contributed by atoms with Crippen molar-refractivity contribution in [1.82, 2.24) is 9.55 Å². The largest absolute Gasteiger partial charge is 0.370 e. The van der Waals surface area contributed by atoms with Crippen LogP contribution in [0.25, 0.3) is 10.3 Å². The molecule has 3 aromatic rings. The average molecular weight is 415 g/mol. The van der Waals surface area contributed by atoms with Crippen LogP contribution in [-0.4, -0.2) is 20.9 Å². The lowest BCUT2D eigenvalue weighted by Gasteiger charge is -2.30. The Kier molecular flexibility index (Phi) is 5.63. The normalized spacial score (nSPS) is 15.7. The smallest absolute Gasteiger partial charge is 0.211 e. The van der Waals surface area contributed by atoms with Crippen molar-refractivity contribution < 1.29 is 4.74 Å². The Balaban J connectivity index is 1.77. The molecule has 148 valence electrons. The number of ether oxygens (including phenoxy) is 1. The van der Waals surface area contributed by atoms with Gasteiger partial charge in [0.1, 0.15) is 10.3 Å². The van der Waals surface area contributed by atoms with Crippen LogP contribution in [0, 0.1) is 0 Å². The zero-order valence-electron chi connectivity index (χ0n) is 16.7. The van der Waals surface area contributed by atoms with Gasteiger partial charge in [0.15, 0.2) is 5.16 Å². The monoisotopic (exact) mass is 414 g/mol. The lowest BCUT2D eigenvalue weighted by Crippen LogP contribution is -2.34. The van der Waals surface area contributed by atoms with Crippen LogP contribution in [0.2, 0.25) is 0 Å². The lowest BCUT2D eigenvalue weighted by molar-refractivity contribution is -0.0386. The summed E-state index contributed by atoms with van der Waals surface area (Å²) in [5, 5.41) is 0.962. The number of rotatable bonds is 6. The molecule has 0 amide bonds. The number of nitrogens with zero attached hydrogens (tertiary/aromatic N) is 2. The van der Waals surface area contributed by atoms with Gasteiger partial charge in [0.05, 0.1) is 12.2 Å². The van der Waals surface area contributed by atoms with Crippen LogP contribution >= 0.6 is 23.1 Å². The lowest BCUT2D eigenvalue weighted by atomic mass is 9.96. The van der Waals surface area contributed by atoms with E-state index in [1.807, 2.05) is 19.9 Å². The molecule has 28 heavy (non-hydrogen) atoms. The Labute approximate surface area is 174 Å². The van der Waals surface area contributed by atoms with Crippen molar-refractivity contribution in [3.8, 4) is 0 Å². The summed E-state index contributed by atoms with van der Waals surface area (Å²) in [6.45, 7) is 7.60. The molecule has 0 aliphatic carbocycles. The van der Waals surface area contributed by atoms with Crippen LogP contribution in [0.15, 0.2) is 40.3 Å². The van der Waals surface area contributed by atoms with Crippen LogP contribution in [0.1, 0.15) is 43.2 Å². The van der Waals surface area contributed by atoms with Crippen LogP contribution in [0.5, 0.6) is 0 Å². The molecule has 1 aliphatic heterocycles. The van der Waals surface area contributed by atoms with E-state index < -0.39 is 0 Å². The molecule has 0 radical (unpaired) electrons. The molecule has 0 atom stereocenters. The third-order valence-corrected chi connectivity index (χ3v) is 7.43. The highest BCUT2D eigenvalue weighted by Gasteiger charge is 2.30. The molecule has 1 aromatic carbocycles. The number of aryl methyl sites for hydroxylation is 2. The highest BCUT2D eigenvalue weighted by Crippen LogP contribution is 2.34. The van der Waals surface area contributed by atoms with E-state index in [0.717, 1.165) is 45.6 Å². The first-order valence-electron chi connectivity index (χ1n) is 9.84. The first-order chi connectivity index (χ1) is 13.5. The fourth-order valence-electron chi connectivity index (χ4n) is 3.54. The van der Waals surface area contributed by atoms with Gasteiger partial charge in [-0.2, -0.15) is 0 Å². The van der Waals surface area contributed by atoms with Gasteiger partial charge in [0.2, 0.25) is 5.43 Å². The van der Waals surface area contributed by atoms with Crippen LogP contribution in [0.4, 0.5) is 0 Å². The SMILES string of the molecule is CCCSc1nc2c(=O)c3c(sc2n1CCc1ccccc1)COC(C)(C)C3. The van der Waals surface area contributed by atoms with Crippen LogP contribution < -0.4 is 5.43 Å². The van der Waals surface area contributed by atoms with Gasteiger partial charge in [-0.3, -0.25) is 4.79 Å². The van der Waals surface area contributed by atoms with Gasteiger partial charge < -0.3 is 9.30 Å². The van der Waals surface area contributed by atoms with E-state index in [2.05, 4.69) is 35.8 Å². The van der Waals surface area contributed by atoms with Gasteiger partial charge >= 0.3 is 0 Å². The average Bonchev–Trinajstić information content (AvgIpc) is 3.03. The Hall–Kier alpha value is -1.63. The molecule has 4 nitrogen and oxygen atoms in total. The second-order valence-corrected chi connectivity index (χ2v) is 9.99. The number of hydrogen-bond donors (Lipinski definition) is 0. The highest BCUT2D eigenvalue weighted by molar-refractivity contribution is 7.99. The molecule has 6 heteroatoms. The molecule has 3 heterocycles. The van der Waals surface area contributed by atoms with Gasteiger partial charge in [0.25, 0.3) is 0 Å². The summed E-state index contributed by atoms with van der Waals surface area (Å²) in [7, 11) is 0. The van der Waals surface area contributed by atoms with Gasteiger partial charge in [-0.05, 0) is 32.3 Å². The second-order valence-electron chi connectivity index (χ2n) is 7.84. The molecule has 4 rings (SSSR count). The Morgan fingerprint density at radius 2 is 2.07 bits per heavy atom. The molecule has 0 unspecified atom stereocenters. The van der Waals surface area contributed by atoms with E-state index in [4.69, 9.17) is 9.72 Å². The van der Waals surface area contributed by atoms with E-state index >= 15 is 0 Å². The predicted octanol–water partition coefficient (Wildman–Crippen LogP) is 5.05. The van der Waals surface area contributed by atoms with Gasteiger partial charge in [-0.25, -0.2) is 4.98 Å². The number of hydrogen-bond acceptors (Lipinski definition) is 5. The van der Waals surface area contributed by atoms with E-state index in [1.165, 1.54) is 5.56 Å². The van der Waals surface area contributed by atoms with Crippen molar-refractivity contribution in [1.29, 1.82) is 0 Å². The topological polar surface area (TPSA) is 44.1 Å². The van der Waals surface area contributed by atoms with E-state index in [9.17, 15) is 4.79 Å². The predicted molar refractivity (Wildman–Crippen MR) is 118 cm³/mol. The number of benzene rings is 1. The van der Waals surface area contributed by atoms with Gasteiger partial charge in [-0.15, -0.1) is 11.3 Å². The quantitative estimate of drug-likeness (QED) is 0.529. The Morgan fingerprint density at radius 3 is 2.82 bits per heavy atom. The van der Waals surface area contributed by atoms with E-state index in [-0.39, 0.29) is 11.0 Å². The summed E-state index contributed by atoms with van der Waals surface area (Å²) in [5.74, 6) is 1.00. The summed E-state index contributed by atoms with van der Waals surface area (Å²) in [6.07, 6.45) is 2.66. The number of aromatic nitrogens is 2. The standard InChI is InChI=1S/C22H26N2O2S2/c1-4-12-27-21-23-18-19(25)16-13-22(2,3)26-14-17(16)28-20(18)24(21)11-10-15-8-6-5-7-9-15/h5-9H,4,10-14H2,1-3H3. The number of fused-ring (bicyclic) bond motifs is 2. The molecule has 0 fully saturated rings. The highest BCUT2D eigenvalue weighted by atomic mass is 32.2. The minimum absolute atomic E-state index is 0.0944. The fourth-order valence-corrected chi connectivity index (χ4v) is 5.64. The van der Waals surface area contributed by atoms with E-state index in [1.54, 1.807) is 23.1 Å². The minimum Gasteiger partial charge on any atom is -0.370 e. The van der Waals surface area contributed by atoms with Crippen molar-refractivity contribution >= 4 is 33.4 Å². The molecule has 0 saturated carbocycles.